The van der Waals surface area contributed by atoms with E-state index >= 15 is 0 Å². The summed E-state index contributed by atoms with van der Waals surface area (Å²) >= 11 is 0. The highest BCUT2D eigenvalue weighted by Gasteiger charge is 2.42. The first-order valence-corrected chi connectivity index (χ1v) is 7.56. The molecule has 0 bridgehead atoms. The Morgan fingerprint density at radius 1 is 1.16 bits per heavy atom. The third-order valence-electron chi connectivity index (χ3n) is 4.40. The van der Waals surface area contributed by atoms with Crippen LogP contribution in [-0.4, -0.2) is 19.6 Å². The van der Waals surface area contributed by atoms with Gasteiger partial charge in [0, 0.05) is 23.7 Å². The maximum absolute atomic E-state index is 13.8. The normalized spacial score (nSPS) is 19.2. The second kappa shape index (κ2) is 5.51. The highest BCUT2D eigenvalue weighted by atomic mass is 19.2. The smallest absolute Gasteiger partial charge is 0.328 e. The average Bonchev–Trinajstić information content (AvgIpc) is 3.31. The quantitative estimate of drug-likeness (QED) is 0.715. The van der Waals surface area contributed by atoms with Crippen LogP contribution in [0.15, 0.2) is 41.5 Å². The standard InChI is InChI=1S/C17H12F3N3O2/c18-11-3-2-9(15(19)16(11)20)12-4-1-8(6-21-12)10-5-13(10)23-14(24)7-22-17(23)25/h1-4,6-7,10,13,24H,5H2,(H,22,25). The average molecular weight is 347 g/mol. The molecule has 0 saturated heterocycles. The van der Waals surface area contributed by atoms with Crippen molar-refractivity contribution in [2.45, 2.75) is 18.4 Å². The Hall–Kier alpha value is -3.03. The first kappa shape index (κ1) is 15.5. The predicted molar refractivity (Wildman–Crippen MR) is 82.7 cm³/mol. The van der Waals surface area contributed by atoms with Crippen molar-refractivity contribution < 1.29 is 18.3 Å². The van der Waals surface area contributed by atoms with Gasteiger partial charge in [-0.1, -0.05) is 6.07 Å². The highest BCUT2D eigenvalue weighted by Crippen LogP contribution is 2.51. The van der Waals surface area contributed by atoms with Crippen molar-refractivity contribution >= 4 is 0 Å². The van der Waals surface area contributed by atoms with E-state index in [0.717, 1.165) is 17.7 Å². The molecule has 25 heavy (non-hydrogen) atoms. The molecule has 2 N–H and O–H groups in total. The van der Waals surface area contributed by atoms with Gasteiger partial charge in [-0.05, 0) is 30.2 Å². The van der Waals surface area contributed by atoms with Crippen LogP contribution in [0.25, 0.3) is 11.3 Å². The van der Waals surface area contributed by atoms with Crippen molar-refractivity contribution in [1.82, 2.24) is 14.5 Å². The van der Waals surface area contributed by atoms with E-state index in [2.05, 4.69) is 9.97 Å². The van der Waals surface area contributed by atoms with Crippen LogP contribution in [0.5, 0.6) is 5.88 Å². The monoisotopic (exact) mass is 347 g/mol. The fraction of sp³-hybridized carbons (Fsp3) is 0.176. The van der Waals surface area contributed by atoms with Crippen molar-refractivity contribution in [3.8, 4) is 17.1 Å². The van der Waals surface area contributed by atoms with Crippen molar-refractivity contribution in [3.05, 3.63) is 70.2 Å². The maximum atomic E-state index is 13.8. The molecule has 2 aromatic heterocycles. The minimum absolute atomic E-state index is 0.00393. The summed E-state index contributed by atoms with van der Waals surface area (Å²) in [6, 6.07) is 5.02. The number of hydrogen-bond donors (Lipinski definition) is 2. The molecule has 5 nitrogen and oxygen atoms in total. The number of H-pyrrole nitrogens is 1. The number of nitrogens with zero attached hydrogens (tertiary/aromatic N) is 2. The van der Waals surface area contributed by atoms with Gasteiger partial charge in [0.15, 0.2) is 17.5 Å². The van der Waals surface area contributed by atoms with Crippen LogP contribution >= 0.6 is 0 Å². The second-order valence-corrected chi connectivity index (χ2v) is 5.93. The Labute approximate surface area is 139 Å². The van der Waals surface area contributed by atoms with Crippen molar-refractivity contribution in [3.63, 3.8) is 0 Å². The second-order valence-electron chi connectivity index (χ2n) is 5.93. The Morgan fingerprint density at radius 3 is 2.60 bits per heavy atom. The van der Waals surface area contributed by atoms with Gasteiger partial charge in [0.05, 0.1) is 11.9 Å². The first-order chi connectivity index (χ1) is 12.0. The van der Waals surface area contributed by atoms with Crippen LogP contribution in [0.3, 0.4) is 0 Å². The van der Waals surface area contributed by atoms with Crippen molar-refractivity contribution in [2.24, 2.45) is 0 Å². The Balaban J connectivity index is 1.60. The molecule has 2 unspecified atom stereocenters. The minimum Gasteiger partial charge on any atom is -0.493 e. The fourth-order valence-electron chi connectivity index (χ4n) is 3.02. The van der Waals surface area contributed by atoms with Gasteiger partial charge in [-0.25, -0.2) is 18.0 Å². The van der Waals surface area contributed by atoms with Crippen LogP contribution < -0.4 is 5.69 Å². The van der Waals surface area contributed by atoms with Crippen LogP contribution in [0, 0.1) is 17.5 Å². The van der Waals surface area contributed by atoms with E-state index in [-0.39, 0.29) is 29.1 Å². The molecule has 1 fully saturated rings. The zero-order valence-electron chi connectivity index (χ0n) is 12.7. The van der Waals surface area contributed by atoms with Crippen LogP contribution in [0.4, 0.5) is 13.2 Å². The zero-order chi connectivity index (χ0) is 17.7. The van der Waals surface area contributed by atoms with E-state index in [9.17, 15) is 23.1 Å². The van der Waals surface area contributed by atoms with E-state index in [4.69, 9.17) is 0 Å². The lowest BCUT2D eigenvalue weighted by molar-refractivity contribution is 0.413. The molecule has 1 aliphatic rings. The van der Waals surface area contributed by atoms with Gasteiger partial charge in [-0.15, -0.1) is 0 Å². The number of nitrogens with one attached hydrogen (secondary N) is 1. The minimum atomic E-state index is -1.53. The number of hydrogen-bond acceptors (Lipinski definition) is 3. The fourth-order valence-corrected chi connectivity index (χ4v) is 3.02. The Morgan fingerprint density at radius 2 is 1.96 bits per heavy atom. The van der Waals surface area contributed by atoms with Gasteiger partial charge < -0.3 is 10.1 Å². The summed E-state index contributed by atoms with van der Waals surface area (Å²) in [5, 5.41) is 9.69. The summed E-state index contributed by atoms with van der Waals surface area (Å²) < 4.78 is 41.5. The van der Waals surface area contributed by atoms with E-state index < -0.39 is 23.1 Å². The van der Waals surface area contributed by atoms with Crippen molar-refractivity contribution in [2.75, 3.05) is 0 Å². The third kappa shape index (κ3) is 2.50. The molecule has 3 aromatic rings. The van der Waals surface area contributed by atoms with Crippen LogP contribution in [0.2, 0.25) is 0 Å². The summed E-state index contributed by atoms with van der Waals surface area (Å²) in [4.78, 5) is 18.2. The van der Waals surface area contributed by atoms with Crippen LogP contribution in [-0.2, 0) is 0 Å². The molecule has 128 valence electrons. The van der Waals surface area contributed by atoms with Crippen molar-refractivity contribution in [1.29, 1.82) is 0 Å². The summed E-state index contributed by atoms with van der Waals surface area (Å²) in [6.45, 7) is 0. The number of aromatic amines is 1. The molecule has 1 saturated carbocycles. The third-order valence-corrected chi connectivity index (χ3v) is 4.40. The van der Waals surface area contributed by atoms with Gasteiger partial charge in [-0.2, -0.15) is 0 Å². The van der Waals surface area contributed by atoms with E-state index in [1.165, 1.54) is 23.0 Å². The number of pyridine rings is 1. The summed E-state index contributed by atoms with van der Waals surface area (Å²) in [5.74, 6) is -4.21. The molecule has 2 atom stereocenters. The zero-order valence-corrected chi connectivity index (χ0v) is 12.7. The summed E-state index contributed by atoms with van der Waals surface area (Å²) in [6.07, 6.45) is 3.40. The highest BCUT2D eigenvalue weighted by molar-refractivity contribution is 5.60. The lowest BCUT2D eigenvalue weighted by Gasteiger charge is -2.06. The van der Waals surface area contributed by atoms with Gasteiger partial charge in [0.1, 0.15) is 0 Å². The van der Waals surface area contributed by atoms with E-state index in [1.54, 1.807) is 6.07 Å². The number of aromatic nitrogens is 3. The SMILES string of the molecule is O=c1[nH]cc(O)n1C1CC1c1ccc(-c2ccc(F)c(F)c2F)nc1. The van der Waals surface area contributed by atoms with Gasteiger partial charge in [0.2, 0.25) is 5.88 Å². The molecule has 1 aliphatic carbocycles. The molecule has 1 aromatic carbocycles. The predicted octanol–water partition coefficient (Wildman–Crippen LogP) is 3.09. The van der Waals surface area contributed by atoms with E-state index in [1.807, 2.05) is 0 Å². The molecule has 0 aliphatic heterocycles. The molecule has 0 radical (unpaired) electrons. The molecule has 8 heteroatoms. The van der Waals surface area contributed by atoms with E-state index in [0.29, 0.717) is 6.42 Å². The number of imidazole rings is 1. The first-order valence-electron chi connectivity index (χ1n) is 7.56. The van der Waals surface area contributed by atoms with Crippen LogP contribution in [0.1, 0.15) is 23.9 Å². The largest absolute Gasteiger partial charge is 0.493 e. The number of rotatable bonds is 3. The Kier molecular flexibility index (Phi) is 3.41. The number of aromatic hydroxyl groups is 1. The molecular weight excluding hydrogens is 335 g/mol. The summed E-state index contributed by atoms with van der Waals surface area (Å²) in [5.41, 5.74) is 0.471. The molecule has 2 heterocycles. The molecule has 0 amide bonds. The van der Waals surface area contributed by atoms with Gasteiger partial charge in [0.25, 0.3) is 0 Å². The van der Waals surface area contributed by atoms with Gasteiger partial charge in [-0.3, -0.25) is 9.55 Å². The number of benzene rings is 1. The van der Waals surface area contributed by atoms with Gasteiger partial charge >= 0.3 is 5.69 Å². The lowest BCUT2D eigenvalue weighted by Crippen LogP contribution is -2.15. The molecule has 0 spiro atoms. The topological polar surface area (TPSA) is 70.9 Å². The Bertz CT molecular complexity index is 1010. The maximum Gasteiger partial charge on any atom is 0.328 e. The summed E-state index contributed by atoms with van der Waals surface area (Å²) in [7, 11) is 0. The number of halogens is 3. The molecular formula is C17H12F3N3O2. The lowest BCUT2D eigenvalue weighted by atomic mass is 10.1. The molecule has 4 rings (SSSR count).